The van der Waals surface area contributed by atoms with Gasteiger partial charge >= 0.3 is 5.97 Å². The lowest BCUT2D eigenvalue weighted by molar-refractivity contribution is -0.137. The van der Waals surface area contributed by atoms with E-state index in [0.29, 0.717) is 6.42 Å². The van der Waals surface area contributed by atoms with Crippen LogP contribution in [-0.4, -0.2) is 35.2 Å². The first-order valence-electron chi connectivity index (χ1n) is 7.69. The Bertz CT molecular complexity index is 538. The minimum absolute atomic E-state index is 0.0210. The van der Waals surface area contributed by atoms with Crippen LogP contribution in [0.2, 0.25) is 0 Å². The maximum Gasteiger partial charge on any atom is 0.317 e. The molecule has 2 unspecified atom stereocenters. The molecule has 0 saturated carbocycles. The van der Waals surface area contributed by atoms with Crippen molar-refractivity contribution in [3.63, 3.8) is 0 Å². The molecule has 5 heteroatoms. The number of nitrogens with one attached hydrogen (secondary N) is 1. The Kier molecular flexibility index (Phi) is 6.03. The number of Topliss-reactive ketones (excluding diaryl/α,β-unsaturated/α-hetero) is 1. The lowest BCUT2D eigenvalue weighted by atomic mass is 10.0. The minimum atomic E-state index is -0.762. The van der Waals surface area contributed by atoms with Crippen LogP contribution in [0.25, 0.3) is 0 Å². The highest BCUT2D eigenvalue weighted by Crippen LogP contribution is 2.32. The molecule has 0 bridgehead atoms. The van der Waals surface area contributed by atoms with Gasteiger partial charge in [0.1, 0.15) is 11.0 Å². The monoisotopic (exact) mass is 321 g/mol. The molecular weight excluding hydrogens is 298 g/mol. The number of thioether (sulfide) groups is 1. The molecule has 1 saturated heterocycles. The van der Waals surface area contributed by atoms with E-state index < -0.39 is 11.2 Å². The lowest BCUT2D eigenvalue weighted by Gasteiger charge is -2.18. The molecule has 2 N–H and O–H groups in total. The highest BCUT2D eigenvalue weighted by atomic mass is 32.2. The van der Waals surface area contributed by atoms with Crippen LogP contribution in [0.15, 0.2) is 29.2 Å². The lowest BCUT2D eigenvalue weighted by Crippen LogP contribution is -2.28. The van der Waals surface area contributed by atoms with Crippen LogP contribution < -0.4 is 5.32 Å². The number of carboxylic acids is 1. The fraction of sp³-hybridized carbons (Fsp3) is 0.529. The zero-order valence-corrected chi connectivity index (χ0v) is 13.9. The standard InChI is InChI=1S/C17H23NO3S/c1-11(2)15(19)9-12-4-3-5-14(8-12)22-16(17(20)21)13-6-7-18-10-13/h3-5,8,11,13,16,18H,6-7,9-10H2,1-2H3,(H,20,21). The highest BCUT2D eigenvalue weighted by molar-refractivity contribution is 8.00. The zero-order valence-electron chi connectivity index (χ0n) is 13.0. The molecule has 0 amide bonds. The van der Waals surface area contributed by atoms with Crippen molar-refractivity contribution in [3.05, 3.63) is 29.8 Å². The first kappa shape index (κ1) is 17.0. The molecule has 2 rings (SSSR count). The summed E-state index contributed by atoms with van der Waals surface area (Å²) in [4.78, 5) is 24.3. The second kappa shape index (κ2) is 7.79. The Hall–Kier alpha value is -1.33. The Morgan fingerprint density at radius 3 is 2.77 bits per heavy atom. The predicted octanol–water partition coefficient (Wildman–Crippen LogP) is 2.61. The van der Waals surface area contributed by atoms with E-state index in [9.17, 15) is 14.7 Å². The average molecular weight is 321 g/mol. The number of hydrogen-bond donors (Lipinski definition) is 2. The summed E-state index contributed by atoms with van der Waals surface area (Å²) in [5, 5.41) is 12.3. The van der Waals surface area contributed by atoms with E-state index in [4.69, 9.17) is 0 Å². The summed E-state index contributed by atoms with van der Waals surface area (Å²) in [7, 11) is 0. The number of ketones is 1. The quantitative estimate of drug-likeness (QED) is 0.756. The zero-order chi connectivity index (χ0) is 16.1. The molecule has 0 aromatic heterocycles. The molecular formula is C17H23NO3S. The summed E-state index contributed by atoms with van der Waals surface area (Å²) >= 11 is 1.39. The second-order valence-corrected chi connectivity index (χ2v) is 7.29. The molecule has 0 radical (unpaired) electrons. The van der Waals surface area contributed by atoms with Crippen LogP contribution in [0.1, 0.15) is 25.8 Å². The summed E-state index contributed by atoms with van der Waals surface area (Å²) in [6, 6.07) is 7.70. The number of benzene rings is 1. The summed E-state index contributed by atoms with van der Waals surface area (Å²) in [6.45, 7) is 5.44. The van der Waals surface area contributed by atoms with Gasteiger partial charge in [-0.3, -0.25) is 9.59 Å². The molecule has 1 fully saturated rings. The molecule has 4 nitrogen and oxygen atoms in total. The molecule has 1 aliphatic heterocycles. The van der Waals surface area contributed by atoms with Gasteiger partial charge in [-0.25, -0.2) is 0 Å². The first-order chi connectivity index (χ1) is 10.5. The summed E-state index contributed by atoms with van der Waals surface area (Å²) in [5.74, 6) is -0.379. The number of carbonyl (C=O) groups is 2. The van der Waals surface area contributed by atoms with Crippen LogP contribution in [0, 0.1) is 11.8 Å². The Morgan fingerprint density at radius 1 is 1.41 bits per heavy atom. The summed E-state index contributed by atoms with van der Waals surface area (Å²) in [5.41, 5.74) is 0.956. The Balaban J connectivity index is 2.07. The van der Waals surface area contributed by atoms with Crippen LogP contribution in [-0.2, 0) is 16.0 Å². The number of aliphatic carboxylic acids is 1. The van der Waals surface area contributed by atoms with E-state index in [1.54, 1.807) is 0 Å². The largest absolute Gasteiger partial charge is 0.480 e. The van der Waals surface area contributed by atoms with Gasteiger partial charge in [0.05, 0.1) is 0 Å². The van der Waals surface area contributed by atoms with Gasteiger partial charge in [-0.05, 0) is 43.1 Å². The predicted molar refractivity (Wildman–Crippen MR) is 88.2 cm³/mol. The number of rotatable bonds is 7. The van der Waals surface area contributed by atoms with E-state index in [0.717, 1.165) is 30.0 Å². The first-order valence-corrected chi connectivity index (χ1v) is 8.57. The second-order valence-electron chi connectivity index (χ2n) is 6.07. The third kappa shape index (κ3) is 4.58. The maximum absolute atomic E-state index is 11.9. The smallest absolute Gasteiger partial charge is 0.317 e. The average Bonchev–Trinajstić information content (AvgIpc) is 2.98. The number of carboxylic acid groups (broad SMARTS) is 1. The van der Waals surface area contributed by atoms with Gasteiger partial charge in [0.15, 0.2) is 0 Å². The van der Waals surface area contributed by atoms with Crippen LogP contribution >= 0.6 is 11.8 Å². The van der Waals surface area contributed by atoms with Crippen molar-refractivity contribution in [1.82, 2.24) is 5.32 Å². The third-order valence-electron chi connectivity index (χ3n) is 3.95. The van der Waals surface area contributed by atoms with Crippen molar-refractivity contribution in [3.8, 4) is 0 Å². The summed E-state index contributed by atoms with van der Waals surface area (Å²) < 4.78 is 0. The van der Waals surface area contributed by atoms with Crippen molar-refractivity contribution in [1.29, 1.82) is 0 Å². The van der Waals surface area contributed by atoms with Crippen molar-refractivity contribution < 1.29 is 14.7 Å². The number of hydrogen-bond acceptors (Lipinski definition) is 4. The number of carbonyl (C=O) groups excluding carboxylic acids is 1. The fourth-order valence-electron chi connectivity index (χ4n) is 2.56. The van der Waals surface area contributed by atoms with E-state index in [1.165, 1.54) is 11.8 Å². The molecule has 1 heterocycles. The van der Waals surface area contributed by atoms with Gasteiger partial charge in [0.25, 0.3) is 0 Å². The highest BCUT2D eigenvalue weighted by Gasteiger charge is 2.31. The SMILES string of the molecule is CC(C)C(=O)Cc1cccc(SC(C(=O)O)C2CCNC2)c1. The molecule has 120 valence electrons. The molecule has 22 heavy (non-hydrogen) atoms. The van der Waals surface area contributed by atoms with Crippen LogP contribution in [0.3, 0.4) is 0 Å². The van der Waals surface area contributed by atoms with Gasteiger partial charge in [0.2, 0.25) is 0 Å². The van der Waals surface area contributed by atoms with Crippen LogP contribution in [0.5, 0.6) is 0 Å². The summed E-state index contributed by atoms with van der Waals surface area (Å²) in [6.07, 6.45) is 1.31. The van der Waals surface area contributed by atoms with Gasteiger partial charge in [-0.15, -0.1) is 11.8 Å². The molecule has 2 atom stereocenters. The van der Waals surface area contributed by atoms with Crippen molar-refractivity contribution in [2.75, 3.05) is 13.1 Å². The topological polar surface area (TPSA) is 66.4 Å². The van der Waals surface area contributed by atoms with E-state index in [-0.39, 0.29) is 17.6 Å². The van der Waals surface area contributed by atoms with Gasteiger partial charge < -0.3 is 10.4 Å². The Morgan fingerprint density at radius 2 is 2.18 bits per heavy atom. The van der Waals surface area contributed by atoms with Crippen molar-refractivity contribution >= 4 is 23.5 Å². The van der Waals surface area contributed by atoms with E-state index >= 15 is 0 Å². The van der Waals surface area contributed by atoms with Crippen molar-refractivity contribution in [2.24, 2.45) is 11.8 Å². The minimum Gasteiger partial charge on any atom is -0.480 e. The molecule has 1 aromatic rings. The molecule has 0 aliphatic carbocycles. The molecule has 1 aromatic carbocycles. The maximum atomic E-state index is 11.9. The van der Waals surface area contributed by atoms with Gasteiger partial charge in [-0.1, -0.05) is 26.0 Å². The Labute approximate surface area is 135 Å². The van der Waals surface area contributed by atoms with Gasteiger partial charge in [-0.2, -0.15) is 0 Å². The molecule has 1 aliphatic rings. The fourth-order valence-corrected chi connectivity index (χ4v) is 3.76. The van der Waals surface area contributed by atoms with Crippen LogP contribution in [0.4, 0.5) is 0 Å². The molecule has 0 spiro atoms. The van der Waals surface area contributed by atoms with Crippen molar-refractivity contribution in [2.45, 2.75) is 36.8 Å². The third-order valence-corrected chi connectivity index (χ3v) is 5.32. The van der Waals surface area contributed by atoms with E-state index in [2.05, 4.69) is 5.32 Å². The van der Waals surface area contributed by atoms with Gasteiger partial charge in [0, 0.05) is 17.2 Å². The van der Waals surface area contributed by atoms with E-state index in [1.807, 2.05) is 38.1 Å². The normalized spacial score (nSPS) is 19.3.